The highest BCUT2D eigenvalue weighted by atomic mass is 35.5. The average molecular weight is 149 g/mol. The van der Waals surface area contributed by atoms with Crippen LogP contribution in [0, 0.1) is 5.92 Å². The zero-order valence-electron chi connectivity index (χ0n) is 6.65. The monoisotopic (exact) mass is 148 g/mol. The number of hydrogen-bond donors (Lipinski definition) is 0. The van der Waals surface area contributed by atoms with Gasteiger partial charge >= 0.3 is 0 Å². The van der Waals surface area contributed by atoms with Crippen LogP contribution in [0.25, 0.3) is 0 Å². The van der Waals surface area contributed by atoms with Crippen molar-refractivity contribution >= 4 is 11.6 Å². The van der Waals surface area contributed by atoms with Gasteiger partial charge in [0.15, 0.2) is 0 Å². The summed E-state index contributed by atoms with van der Waals surface area (Å²) in [4.78, 5) is 0. The summed E-state index contributed by atoms with van der Waals surface area (Å²) in [6.45, 7) is 6.60. The van der Waals surface area contributed by atoms with Crippen molar-refractivity contribution in [3.8, 4) is 0 Å². The van der Waals surface area contributed by atoms with Crippen LogP contribution in [-0.2, 0) is 0 Å². The average Bonchev–Trinajstić information content (AvgIpc) is 1.63. The van der Waals surface area contributed by atoms with E-state index in [-0.39, 0.29) is 0 Å². The molecular formula is C8H17Cl. The van der Waals surface area contributed by atoms with Crippen LogP contribution in [0.4, 0.5) is 0 Å². The van der Waals surface area contributed by atoms with Crippen LogP contribution in [-0.4, -0.2) is 5.38 Å². The first-order valence-electron chi connectivity index (χ1n) is 3.80. The van der Waals surface area contributed by atoms with Crippen LogP contribution in [0.2, 0.25) is 0 Å². The maximum Gasteiger partial charge on any atom is 0.0338 e. The highest BCUT2D eigenvalue weighted by molar-refractivity contribution is 6.20. The fraction of sp³-hybridized carbons (Fsp3) is 1.00. The fourth-order valence-electron chi connectivity index (χ4n) is 0.943. The minimum atomic E-state index is 0.412. The lowest BCUT2D eigenvalue weighted by atomic mass is 10.1. The molecule has 0 spiro atoms. The lowest BCUT2D eigenvalue weighted by Crippen LogP contribution is -2.01. The fourth-order valence-corrected chi connectivity index (χ4v) is 1.52. The molecule has 0 N–H and O–H groups in total. The van der Waals surface area contributed by atoms with E-state index in [9.17, 15) is 0 Å². The zero-order valence-corrected chi connectivity index (χ0v) is 7.41. The molecule has 1 atom stereocenters. The van der Waals surface area contributed by atoms with Crippen molar-refractivity contribution in [3.05, 3.63) is 0 Å². The molecule has 0 aromatic rings. The Balaban J connectivity index is 3.15. The molecule has 1 unspecified atom stereocenters. The second kappa shape index (κ2) is 5.10. The topological polar surface area (TPSA) is 0 Å². The van der Waals surface area contributed by atoms with E-state index in [0.29, 0.717) is 5.38 Å². The maximum absolute atomic E-state index is 5.98. The predicted octanol–water partition coefficient (Wildman–Crippen LogP) is 3.44. The van der Waals surface area contributed by atoms with E-state index in [1.165, 1.54) is 12.8 Å². The number of rotatable bonds is 4. The molecule has 0 aliphatic rings. The lowest BCUT2D eigenvalue weighted by molar-refractivity contribution is 0.541. The highest BCUT2D eigenvalue weighted by Crippen LogP contribution is 2.14. The SMILES string of the molecule is CCCC(Cl)CC(C)C. The first-order chi connectivity index (χ1) is 4.16. The van der Waals surface area contributed by atoms with Crippen LogP contribution in [0.15, 0.2) is 0 Å². The summed E-state index contributed by atoms with van der Waals surface area (Å²) < 4.78 is 0. The minimum absolute atomic E-state index is 0.412. The van der Waals surface area contributed by atoms with Gasteiger partial charge < -0.3 is 0 Å². The zero-order chi connectivity index (χ0) is 7.28. The minimum Gasteiger partial charge on any atom is -0.123 e. The Labute approximate surface area is 63.6 Å². The molecule has 56 valence electrons. The number of halogens is 1. The molecule has 0 saturated heterocycles. The third-order valence-corrected chi connectivity index (χ3v) is 1.73. The Hall–Kier alpha value is 0.290. The van der Waals surface area contributed by atoms with Crippen LogP contribution in [0.5, 0.6) is 0 Å². The van der Waals surface area contributed by atoms with E-state index < -0.39 is 0 Å². The lowest BCUT2D eigenvalue weighted by Gasteiger charge is -2.09. The molecule has 0 nitrogen and oxygen atoms in total. The number of hydrogen-bond acceptors (Lipinski definition) is 0. The van der Waals surface area contributed by atoms with Gasteiger partial charge in [-0.15, -0.1) is 11.6 Å². The summed E-state index contributed by atoms with van der Waals surface area (Å²) in [5.41, 5.74) is 0. The van der Waals surface area contributed by atoms with Gasteiger partial charge in [0.2, 0.25) is 0 Å². The summed E-state index contributed by atoms with van der Waals surface area (Å²) in [6, 6.07) is 0. The predicted molar refractivity (Wildman–Crippen MR) is 44.0 cm³/mol. The van der Waals surface area contributed by atoms with Gasteiger partial charge in [0.1, 0.15) is 0 Å². The van der Waals surface area contributed by atoms with E-state index >= 15 is 0 Å². The van der Waals surface area contributed by atoms with Crippen LogP contribution >= 0.6 is 11.6 Å². The van der Waals surface area contributed by atoms with Crippen LogP contribution in [0.1, 0.15) is 40.0 Å². The molecule has 0 heterocycles. The molecule has 0 aliphatic heterocycles. The standard InChI is InChI=1S/C8H17Cl/c1-4-5-8(9)6-7(2)3/h7-8H,4-6H2,1-3H3. The third kappa shape index (κ3) is 6.17. The van der Waals surface area contributed by atoms with Crippen molar-refractivity contribution in [2.75, 3.05) is 0 Å². The Kier molecular flexibility index (Phi) is 5.27. The normalized spacial score (nSPS) is 14.3. The smallest absolute Gasteiger partial charge is 0.0338 e. The Morgan fingerprint density at radius 2 is 1.89 bits per heavy atom. The third-order valence-electron chi connectivity index (χ3n) is 1.33. The summed E-state index contributed by atoms with van der Waals surface area (Å²) in [6.07, 6.45) is 3.54. The van der Waals surface area contributed by atoms with Crippen molar-refractivity contribution in [1.82, 2.24) is 0 Å². The van der Waals surface area contributed by atoms with Crippen LogP contribution in [0.3, 0.4) is 0 Å². The van der Waals surface area contributed by atoms with E-state index in [0.717, 1.165) is 12.3 Å². The van der Waals surface area contributed by atoms with E-state index in [2.05, 4.69) is 20.8 Å². The van der Waals surface area contributed by atoms with Gasteiger partial charge in [0, 0.05) is 5.38 Å². The summed E-state index contributed by atoms with van der Waals surface area (Å²) in [7, 11) is 0. The molecule has 0 bridgehead atoms. The van der Waals surface area contributed by atoms with Crippen molar-refractivity contribution in [2.24, 2.45) is 5.92 Å². The van der Waals surface area contributed by atoms with Crippen molar-refractivity contribution < 1.29 is 0 Å². The summed E-state index contributed by atoms with van der Waals surface area (Å²) in [5.74, 6) is 0.749. The Morgan fingerprint density at radius 3 is 2.22 bits per heavy atom. The summed E-state index contributed by atoms with van der Waals surface area (Å²) >= 11 is 5.98. The van der Waals surface area contributed by atoms with Gasteiger partial charge in [-0.25, -0.2) is 0 Å². The highest BCUT2D eigenvalue weighted by Gasteiger charge is 2.04. The molecule has 0 aromatic heterocycles. The molecule has 1 heteroatoms. The molecule has 0 saturated carbocycles. The van der Waals surface area contributed by atoms with Gasteiger partial charge in [0.05, 0.1) is 0 Å². The maximum atomic E-state index is 5.98. The second-order valence-electron chi connectivity index (χ2n) is 3.02. The van der Waals surface area contributed by atoms with Gasteiger partial charge in [-0.05, 0) is 18.8 Å². The first kappa shape index (κ1) is 9.29. The van der Waals surface area contributed by atoms with Gasteiger partial charge in [-0.1, -0.05) is 27.2 Å². The van der Waals surface area contributed by atoms with Crippen LogP contribution < -0.4 is 0 Å². The van der Waals surface area contributed by atoms with Crippen molar-refractivity contribution in [2.45, 2.75) is 45.4 Å². The summed E-state index contributed by atoms with van der Waals surface area (Å²) in [5, 5.41) is 0.412. The van der Waals surface area contributed by atoms with Gasteiger partial charge in [-0.3, -0.25) is 0 Å². The van der Waals surface area contributed by atoms with Gasteiger partial charge in [-0.2, -0.15) is 0 Å². The van der Waals surface area contributed by atoms with E-state index in [1.54, 1.807) is 0 Å². The first-order valence-corrected chi connectivity index (χ1v) is 4.24. The van der Waals surface area contributed by atoms with E-state index in [4.69, 9.17) is 11.6 Å². The van der Waals surface area contributed by atoms with E-state index in [1.807, 2.05) is 0 Å². The molecule has 0 fully saturated rings. The van der Waals surface area contributed by atoms with Gasteiger partial charge in [0.25, 0.3) is 0 Å². The van der Waals surface area contributed by atoms with Crippen molar-refractivity contribution in [1.29, 1.82) is 0 Å². The molecule has 9 heavy (non-hydrogen) atoms. The molecule has 0 aliphatic carbocycles. The Bertz CT molecular complexity index is 59.6. The molecule has 0 aromatic carbocycles. The number of alkyl halides is 1. The molecule has 0 radical (unpaired) electrons. The molecule has 0 amide bonds. The largest absolute Gasteiger partial charge is 0.123 e. The quantitative estimate of drug-likeness (QED) is 0.536. The second-order valence-corrected chi connectivity index (χ2v) is 3.63. The Morgan fingerprint density at radius 1 is 1.33 bits per heavy atom. The molecule has 0 rings (SSSR count). The molecular weight excluding hydrogens is 132 g/mol. The van der Waals surface area contributed by atoms with Crippen molar-refractivity contribution in [3.63, 3.8) is 0 Å².